The standard InChI is InChI=1S/C17H15N3O3S/c1-23-15-5-3-2-4-12(15)10-19-16(21)17(22)20-13-6-8-14(9-7-13)24-11-18/h2-9H,10H2,1H3,(H,19,21)(H,20,22). The van der Waals surface area contributed by atoms with Crippen molar-refractivity contribution in [3.63, 3.8) is 0 Å². The normalized spacial score (nSPS) is 9.67. The topological polar surface area (TPSA) is 91.2 Å². The fourth-order valence-electron chi connectivity index (χ4n) is 1.95. The number of nitrogens with zero attached hydrogens (tertiary/aromatic N) is 1. The highest BCUT2D eigenvalue weighted by Crippen LogP contribution is 2.19. The third-order valence-electron chi connectivity index (χ3n) is 3.11. The van der Waals surface area contributed by atoms with Crippen LogP contribution in [0.25, 0.3) is 0 Å². The van der Waals surface area contributed by atoms with Crippen LogP contribution in [0, 0.1) is 10.7 Å². The van der Waals surface area contributed by atoms with Crippen molar-refractivity contribution in [3.05, 3.63) is 54.1 Å². The summed E-state index contributed by atoms with van der Waals surface area (Å²) < 4.78 is 5.19. The van der Waals surface area contributed by atoms with Gasteiger partial charge in [-0.15, -0.1) is 0 Å². The van der Waals surface area contributed by atoms with Crippen LogP contribution >= 0.6 is 11.8 Å². The molecule has 0 saturated carbocycles. The lowest BCUT2D eigenvalue weighted by molar-refractivity contribution is -0.136. The van der Waals surface area contributed by atoms with Gasteiger partial charge in [0.1, 0.15) is 11.2 Å². The number of carbonyl (C=O) groups excluding carboxylic acids is 2. The highest BCUT2D eigenvalue weighted by atomic mass is 32.2. The van der Waals surface area contributed by atoms with Crippen molar-refractivity contribution < 1.29 is 14.3 Å². The molecule has 24 heavy (non-hydrogen) atoms. The number of nitriles is 1. The molecule has 0 aromatic heterocycles. The molecule has 0 spiro atoms. The number of rotatable bonds is 5. The third-order valence-corrected chi connectivity index (χ3v) is 3.71. The van der Waals surface area contributed by atoms with Crippen molar-refractivity contribution in [1.82, 2.24) is 5.32 Å². The predicted octanol–water partition coefficient (Wildman–Crippen LogP) is 2.52. The second kappa shape index (κ2) is 8.60. The van der Waals surface area contributed by atoms with Crippen molar-refractivity contribution in [1.29, 1.82) is 5.26 Å². The van der Waals surface area contributed by atoms with Crippen LogP contribution < -0.4 is 15.4 Å². The average Bonchev–Trinajstić information content (AvgIpc) is 2.61. The molecule has 0 aliphatic heterocycles. The van der Waals surface area contributed by atoms with Crippen LogP contribution in [0.3, 0.4) is 0 Å². The van der Waals surface area contributed by atoms with E-state index >= 15 is 0 Å². The van der Waals surface area contributed by atoms with E-state index in [2.05, 4.69) is 10.6 Å². The second-order valence-electron chi connectivity index (χ2n) is 4.67. The molecule has 0 atom stereocenters. The molecule has 0 heterocycles. The van der Waals surface area contributed by atoms with E-state index in [1.54, 1.807) is 37.4 Å². The zero-order valence-corrected chi connectivity index (χ0v) is 13.7. The highest BCUT2D eigenvalue weighted by Gasteiger charge is 2.14. The van der Waals surface area contributed by atoms with Gasteiger partial charge in [-0.05, 0) is 42.1 Å². The Morgan fingerprint density at radius 2 is 1.83 bits per heavy atom. The summed E-state index contributed by atoms with van der Waals surface area (Å²) in [5, 5.41) is 15.6. The maximum absolute atomic E-state index is 11.9. The van der Waals surface area contributed by atoms with Crippen LogP contribution in [0.4, 0.5) is 5.69 Å². The van der Waals surface area contributed by atoms with Gasteiger partial charge in [0.15, 0.2) is 0 Å². The molecule has 2 rings (SSSR count). The first-order valence-electron chi connectivity index (χ1n) is 7.01. The van der Waals surface area contributed by atoms with Gasteiger partial charge in [-0.25, -0.2) is 0 Å². The number of amides is 2. The Balaban J connectivity index is 1.90. The lowest BCUT2D eigenvalue weighted by Gasteiger charge is -2.09. The largest absolute Gasteiger partial charge is 0.496 e. The number of methoxy groups -OCH3 is 1. The molecule has 0 aliphatic rings. The van der Waals surface area contributed by atoms with Crippen LogP contribution in [0.2, 0.25) is 0 Å². The zero-order chi connectivity index (χ0) is 17.4. The number of carbonyl (C=O) groups is 2. The number of hydrogen-bond donors (Lipinski definition) is 2. The summed E-state index contributed by atoms with van der Waals surface area (Å²) in [6.07, 6.45) is 0. The van der Waals surface area contributed by atoms with Crippen LogP contribution in [0.5, 0.6) is 5.75 Å². The van der Waals surface area contributed by atoms with Gasteiger partial charge in [-0.2, -0.15) is 5.26 Å². The summed E-state index contributed by atoms with van der Waals surface area (Å²) in [4.78, 5) is 24.5. The Bertz CT molecular complexity index is 769. The Hall–Kier alpha value is -2.98. The molecule has 0 bridgehead atoms. The Morgan fingerprint density at radius 1 is 1.12 bits per heavy atom. The molecular weight excluding hydrogens is 326 g/mol. The SMILES string of the molecule is COc1ccccc1CNC(=O)C(=O)Nc1ccc(SC#N)cc1. The molecule has 2 N–H and O–H groups in total. The molecule has 0 unspecified atom stereocenters. The number of thiocyanates is 1. The smallest absolute Gasteiger partial charge is 0.313 e. The second-order valence-corrected chi connectivity index (χ2v) is 5.52. The summed E-state index contributed by atoms with van der Waals surface area (Å²) >= 11 is 1.02. The molecule has 2 aromatic carbocycles. The van der Waals surface area contributed by atoms with E-state index in [4.69, 9.17) is 10.00 Å². The first-order chi connectivity index (χ1) is 11.6. The lowest BCUT2D eigenvalue weighted by Crippen LogP contribution is -2.35. The van der Waals surface area contributed by atoms with Crippen molar-refractivity contribution in [2.45, 2.75) is 11.4 Å². The van der Waals surface area contributed by atoms with Crippen molar-refractivity contribution >= 4 is 29.3 Å². The minimum absolute atomic E-state index is 0.189. The Kier molecular flexibility index (Phi) is 6.23. The average molecular weight is 341 g/mol. The number of hydrogen-bond acceptors (Lipinski definition) is 5. The molecule has 2 aromatic rings. The van der Waals surface area contributed by atoms with Crippen LogP contribution in [0.1, 0.15) is 5.56 Å². The van der Waals surface area contributed by atoms with E-state index in [-0.39, 0.29) is 6.54 Å². The van der Waals surface area contributed by atoms with Gasteiger partial charge in [0.2, 0.25) is 0 Å². The van der Waals surface area contributed by atoms with E-state index in [1.165, 1.54) is 0 Å². The van der Waals surface area contributed by atoms with Crippen LogP contribution in [-0.2, 0) is 16.1 Å². The number of nitrogens with one attached hydrogen (secondary N) is 2. The molecule has 0 fully saturated rings. The summed E-state index contributed by atoms with van der Waals surface area (Å²) in [5.41, 5.74) is 1.26. The minimum Gasteiger partial charge on any atom is -0.496 e. The van der Waals surface area contributed by atoms with Crippen molar-refractivity contribution in [3.8, 4) is 11.2 Å². The number of para-hydroxylation sites is 1. The van der Waals surface area contributed by atoms with Crippen LogP contribution in [-0.4, -0.2) is 18.9 Å². The number of ether oxygens (including phenoxy) is 1. The Morgan fingerprint density at radius 3 is 2.50 bits per heavy atom. The predicted molar refractivity (Wildman–Crippen MR) is 91.4 cm³/mol. The van der Waals surface area contributed by atoms with Gasteiger partial charge in [0, 0.05) is 22.7 Å². The molecule has 0 radical (unpaired) electrons. The van der Waals surface area contributed by atoms with E-state index in [0.29, 0.717) is 11.4 Å². The van der Waals surface area contributed by atoms with Crippen molar-refractivity contribution in [2.24, 2.45) is 0 Å². The summed E-state index contributed by atoms with van der Waals surface area (Å²) in [5.74, 6) is -0.856. The summed E-state index contributed by atoms with van der Waals surface area (Å²) in [7, 11) is 1.54. The fraction of sp³-hybridized carbons (Fsp3) is 0.118. The van der Waals surface area contributed by atoms with Gasteiger partial charge in [0.05, 0.1) is 7.11 Å². The maximum atomic E-state index is 11.9. The number of benzene rings is 2. The van der Waals surface area contributed by atoms with Crippen LogP contribution in [0.15, 0.2) is 53.4 Å². The molecule has 6 nitrogen and oxygen atoms in total. The molecular formula is C17H15N3O3S. The first-order valence-corrected chi connectivity index (χ1v) is 7.82. The molecule has 0 aliphatic carbocycles. The van der Waals surface area contributed by atoms with Gasteiger partial charge in [-0.1, -0.05) is 18.2 Å². The monoisotopic (exact) mass is 341 g/mol. The van der Waals surface area contributed by atoms with Gasteiger partial charge in [-0.3, -0.25) is 9.59 Å². The van der Waals surface area contributed by atoms with Crippen molar-refractivity contribution in [2.75, 3.05) is 12.4 Å². The Labute approximate surface area is 143 Å². The highest BCUT2D eigenvalue weighted by molar-refractivity contribution is 8.03. The van der Waals surface area contributed by atoms with E-state index in [9.17, 15) is 9.59 Å². The zero-order valence-electron chi connectivity index (χ0n) is 12.9. The quantitative estimate of drug-likeness (QED) is 0.495. The third kappa shape index (κ3) is 4.76. The van der Waals surface area contributed by atoms with E-state index < -0.39 is 11.8 Å². The van der Waals surface area contributed by atoms with Gasteiger partial charge < -0.3 is 15.4 Å². The number of anilines is 1. The lowest BCUT2D eigenvalue weighted by atomic mass is 10.2. The fourth-order valence-corrected chi connectivity index (χ4v) is 2.33. The minimum atomic E-state index is -0.759. The van der Waals surface area contributed by atoms with E-state index in [0.717, 1.165) is 22.2 Å². The van der Waals surface area contributed by atoms with Gasteiger partial charge in [0.25, 0.3) is 0 Å². The molecule has 7 heteroatoms. The maximum Gasteiger partial charge on any atom is 0.313 e. The molecule has 2 amide bonds. The summed E-state index contributed by atoms with van der Waals surface area (Å²) in [6, 6.07) is 13.9. The number of thioether (sulfide) groups is 1. The van der Waals surface area contributed by atoms with E-state index in [1.807, 2.05) is 23.6 Å². The first kappa shape index (κ1) is 17.4. The van der Waals surface area contributed by atoms with Gasteiger partial charge >= 0.3 is 11.8 Å². The molecule has 0 saturated heterocycles. The molecule has 122 valence electrons. The summed E-state index contributed by atoms with van der Waals surface area (Å²) in [6.45, 7) is 0.189.